The van der Waals surface area contributed by atoms with E-state index < -0.39 is 0 Å². The van der Waals surface area contributed by atoms with Crippen molar-refractivity contribution in [1.82, 2.24) is 10.2 Å². The fourth-order valence-corrected chi connectivity index (χ4v) is 1.75. The zero-order valence-corrected chi connectivity index (χ0v) is 7.13. The molecule has 0 aromatic heterocycles. The van der Waals surface area contributed by atoms with E-state index in [0.29, 0.717) is 0 Å². The highest BCUT2D eigenvalue weighted by Gasteiger charge is 2.33. The zero-order valence-electron chi connectivity index (χ0n) is 7.13. The van der Waals surface area contributed by atoms with Crippen LogP contribution in [0.2, 0.25) is 0 Å². The Labute approximate surface area is 71.7 Å². The van der Waals surface area contributed by atoms with Crippen LogP contribution in [-0.4, -0.2) is 30.1 Å². The van der Waals surface area contributed by atoms with Crippen molar-refractivity contribution in [3.63, 3.8) is 0 Å². The average molecular weight is 164 g/mol. The molecule has 2 heterocycles. The number of urea groups is 1. The molecule has 1 fully saturated rings. The Morgan fingerprint density at radius 1 is 1.83 bits per heavy atom. The second kappa shape index (κ2) is 2.37. The summed E-state index contributed by atoms with van der Waals surface area (Å²) >= 11 is 0. The van der Waals surface area contributed by atoms with E-state index in [4.69, 9.17) is 0 Å². The molecular formula is C9H12N2O. The van der Waals surface area contributed by atoms with Crippen LogP contribution in [0, 0.1) is 0 Å². The van der Waals surface area contributed by atoms with Crippen molar-refractivity contribution in [3.8, 4) is 0 Å². The molecule has 12 heavy (non-hydrogen) atoms. The van der Waals surface area contributed by atoms with E-state index in [1.165, 1.54) is 5.57 Å². The molecule has 1 unspecified atom stereocenters. The van der Waals surface area contributed by atoms with E-state index >= 15 is 0 Å². The highest BCUT2D eigenvalue weighted by Crippen LogP contribution is 2.22. The third-order valence-electron chi connectivity index (χ3n) is 2.39. The highest BCUT2D eigenvalue weighted by atomic mass is 16.2. The molecule has 0 spiro atoms. The maximum absolute atomic E-state index is 11.2. The molecule has 1 atom stereocenters. The van der Waals surface area contributed by atoms with Crippen LogP contribution in [0.15, 0.2) is 23.8 Å². The summed E-state index contributed by atoms with van der Waals surface area (Å²) in [5.74, 6) is 0. The zero-order chi connectivity index (χ0) is 8.72. The summed E-state index contributed by atoms with van der Waals surface area (Å²) in [6.07, 6.45) is 2.08. The van der Waals surface area contributed by atoms with Crippen LogP contribution in [0.25, 0.3) is 0 Å². The molecule has 1 N–H and O–H groups in total. The van der Waals surface area contributed by atoms with Gasteiger partial charge in [-0.3, -0.25) is 0 Å². The molecule has 64 valence electrons. The number of amides is 2. The number of fused-ring (bicyclic) bond motifs is 2. The van der Waals surface area contributed by atoms with Gasteiger partial charge in [-0.25, -0.2) is 4.79 Å². The Morgan fingerprint density at radius 2 is 2.58 bits per heavy atom. The maximum Gasteiger partial charge on any atom is 0.318 e. The smallest absolute Gasteiger partial charge is 0.318 e. The van der Waals surface area contributed by atoms with Crippen LogP contribution in [0.1, 0.15) is 6.92 Å². The van der Waals surface area contributed by atoms with Crippen LogP contribution < -0.4 is 5.32 Å². The molecule has 2 bridgehead atoms. The third-order valence-corrected chi connectivity index (χ3v) is 2.39. The maximum atomic E-state index is 11.2. The summed E-state index contributed by atoms with van der Waals surface area (Å²) in [4.78, 5) is 13.0. The topological polar surface area (TPSA) is 32.3 Å². The van der Waals surface area contributed by atoms with Crippen LogP contribution in [-0.2, 0) is 0 Å². The highest BCUT2D eigenvalue weighted by molar-refractivity contribution is 5.79. The van der Waals surface area contributed by atoms with E-state index in [1.807, 2.05) is 6.92 Å². The second-order valence-corrected chi connectivity index (χ2v) is 3.35. The Kier molecular flexibility index (Phi) is 1.46. The van der Waals surface area contributed by atoms with Crippen LogP contribution in [0.5, 0.6) is 0 Å². The van der Waals surface area contributed by atoms with Crippen molar-refractivity contribution >= 4 is 6.03 Å². The van der Waals surface area contributed by atoms with Gasteiger partial charge in [0.15, 0.2) is 0 Å². The van der Waals surface area contributed by atoms with Gasteiger partial charge >= 0.3 is 6.03 Å². The lowest BCUT2D eigenvalue weighted by atomic mass is 9.99. The van der Waals surface area contributed by atoms with Gasteiger partial charge in [-0.05, 0) is 12.5 Å². The van der Waals surface area contributed by atoms with E-state index in [-0.39, 0.29) is 12.1 Å². The Balaban J connectivity index is 2.26. The van der Waals surface area contributed by atoms with Crippen molar-refractivity contribution in [1.29, 1.82) is 0 Å². The first kappa shape index (κ1) is 7.40. The molecule has 1 saturated heterocycles. The molecule has 2 amide bonds. The van der Waals surface area contributed by atoms with E-state index in [9.17, 15) is 4.79 Å². The predicted octanol–water partition coefficient (Wildman–Crippen LogP) is 0.896. The van der Waals surface area contributed by atoms with Gasteiger partial charge in [0.25, 0.3) is 0 Å². The number of nitrogens with zero attached hydrogens (tertiary/aromatic N) is 1. The monoisotopic (exact) mass is 164 g/mol. The van der Waals surface area contributed by atoms with Gasteiger partial charge in [-0.15, -0.1) is 0 Å². The second-order valence-electron chi connectivity index (χ2n) is 3.35. The largest absolute Gasteiger partial charge is 0.329 e. The number of carbonyl (C=O) groups excluding carboxylic acids is 1. The summed E-state index contributed by atoms with van der Waals surface area (Å²) in [5, 5.41) is 2.91. The van der Waals surface area contributed by atoms with Crippen molar-refractivity contribution < 1.29 is 4.79 Å². The number of hydrogen-bond donors (Lipinski definition) is 1. The van der Waals surface area contributed by atoms with E-state index in [2.05, 4.69) is 18.0 Å². The van der Waals surface area contributed by atoms with E-state index in [0.717, 1.165) is 18.7 Å². The van der Waals surface area contributed by atoms with Gasteiger partial charge in [0.05, 0.1) is 6.04 Å². The first-order valence-electron chi connectivity index (χ1n) is 4.10. The summed E-state index contributed by atoms with van der Waals surface area (Å²) < 4.78 is 0. The van der Waals surface area contributed by atoms with Gasteiger partial charge < -0.3 is 10.2 Å². The summed E-state index contributed by atoms with van der Waals surface area (Å²) in [7, 11) is 0. The molecule has 0 saturated carbocycles. The molecule has 2 aliphatic rings. The first-order chi connectivity index (χ1) is 5.68. The van der Waals surface area contributed by atoms with Gasteiger partial charge in [-0.2, -0.15) is 0 Å². The fourth-order valence-electron chi connectivity index (χ4n) is 1.75. The van der Waals surface area contributed by atoms with Crippen molar-refractivity contribution in [2.24, 2.45) is 0 Å². The lowest BCUT2D eigenvalue weighted by Gasteiger charge is -2.20. The lowest BCUT2D eigenvalue weighted by Crippen LogP contribution is -2.30. The van der Waals surface area contributed by atoms with Crippen molar-refractivity contribution in [2.45, 2.75) is 13.0 Å². The molecule has 2 aliphatic heterocycles. The average Bonchev–Trinajstić information content (AvgIpc) is 2.28. The predicted molar refractivity (Wildman–Crippen MR) is 46.8 cm³/mol. The Hall–Kier alpha value is -1.25. The summed E-state index contributed by atoms with van der Waals surface area (Å²) in [6, 6.07) is 0.233. The minimum Gasteiger partial charge on any atom is -0.329 e. The van der Waals surface area contributed by atoms with Crippen molar-refractivity contribution in [2.75, 3.05) is 13.1 Å². The van der Waals surface area contributed by atoms with E-state index in [1.54, 1.807) is 4.90 Å². The van der Waals surface area contributed by atoms with Crippen LogP contribution in [0.4, 0.5) is 4.79 Å². The van der Waals surface area contributed by atoms with Gasteiger partial charge in [0.2, 0.25) is 0 Å². The third kappa shape index (κ3) is 0.932. The number of hydrogen-bond acceptors (Lipinski definition) is 1. The first-order valence-corrected chi connectivity index (χ1v) is 4.10. The molecule has 0 radical (unpaired) electrons. The minimum absolute atomic E-state index is 0.0486. The fraction of sp³-hybridized carbons (Fsp3) is 0.444. The van der Waals surface area contributed by atoms with Crippen molar-refractivity contribution in [3.05, 3.63) is 23.8 Å². The van der Waals surface area contributed by atoms with Gasteiger partial charge in [-0.1, -0.05) is 18.2 Å². The van der Waals surface area contributed by atoms with Gasteiger partial charge in [0.1, 0.15) is 0 Å². The Morgan fingerprint density at radius 3 is 3.25 bits per heavy atom. The minimum atomic E-state index is 0.0486. The molecule has 0 aliphatic carbocycles. The molecule has 3 heteroatoms. The number of rotatable bonds is 1. The molecule has 2 rings (SSSR count). The molecule has 0 aromatic rings. The summed E-state index contributed by atoms with van der Waals surface area (Å²) in [6.45, 7) is 7.39. The normalized spacial score (nSPS) is 26.8. The van der Waals surface area contributed by atoms with Crippen LogP contribution in [0.3, 0.4) is 0 Å². The van der Waals surface area contributed by atoms with Gasteiger partial charge in [0, 0.05) is 13.1 Å². The molecular weight excluding hydrogens is 152 g/mol. The standard InChI is InChI=1S/C9H12N2O/c1-6(2)7-3-4-11-5-8(7)10-9(11)12/h3,8H,1,4-5H2,2H3,(H,10,12). The molecule has 0 aromatic carbocycles. The quantitative estimate of drug-likeness (QED) is 0.613. The lowest BCUT2D eigenvalue weighted by molar-refractivity contribution is 0.221. The molecule has 3 nitrogen and oxygen atoms in total. The number of nitrogens with one attached hydrogen (secondary N) is 1. The summed E-state index contributed by atoms with van der Waals surface area (Å²) in [5.41, 5.74) is 2.25. The SMILES string of the molecule is C=C(C)C1=CCN2CC1NC2=O. The number of carbonyl (C=O) groups is 1. The van der Waals surface area contributed by atoms with Crippen LogP contribution >= 0.6 is 0 Å². The Bertz CT molecular complexity index is 280.